The molecule has 3 N–H and O–H groups in total. The van der Waals surface area contributed by atoms with E-state index in [1.807, 2.05) is 6.92 Å². The van der Waals surface area contributed by atoms with Crippen LogP contribution in [0.4, 0.5) is 10.1 Å². The van der Waals surface area contributed by atoms with Crippen LogP contribution >= 0.6 is 11.8 Å². The standard InChI is InChI=1S/C10H14FNOS/c1-7(5-13)6-14-10-3-2-8(12)4-9(10)11/h2-4,7,13H,5-6,12H2,1H3. The minimum absolute atomic E-state index is 0.129. The lowest BCUT2D eigenvalue weighted by Gasteiger charge is -2.07. The second-order valence-electron chi connectivity index (χ2n) is 3.29. The zero-order chi connectivity index (χ0) is 10.6. The summed E-state index contributed by atoms with van der Waals surface area (Å²) in [4.78, 5) is 0.583. The molecule has 0 aliphatic rings. The molecule has 2 nitrogen and oxygen atoms in total. The molecule has 0 saturated carbocycles. The van der Waals surface area contributed by atoms with Gasteiger partial charge in [0, 0.05) is 22.9 Å². The Kier molecular flexibility index (Phi) is 4.22. The molecule has 0 aromatic heterocycles. The highest BCUT2D eigenvalue weighted by Gasteiger charge is 2.05. The maximum atomic E-state index is 13.2. The first-order chi connectivity index (χ1) is 6.63. The Balaban J connectivity index is 2.59. The van der Waals surface area contributed by atoms with Gasteiger partial charge in [-0.15, -0.1) is 11.8 Å². The molecule has 1 aromatic carbocycles. The van der Waals surface area contributed by atoms with Crippen molar-refractivity contribution >= 4 is 17.4 Å². The maximum Gasteiger partial charge on any atom is 0.138 e. The monoisotopic (exact) mass is 215 g/mol. The Morgan fingerprint density at radius 1 is 1.57 bits per heavy atom. The first kappa shape index (κ1) is 11.3. The van der Waals surface area contributed by atoms with Gasteiger partial charge in [-0.3, -0.25) is 0 Å². The molecule has 0 bridgehead atoms. The van der Waals surface area contributed by atoms with Crippen LogP contribution in [0.5, 0.6) is 0 Å². The Bertz CT molecular complexity index is 306. The third-order valence-corrected chi connectivity index (χ3v) is 3.17. The molecule has 78 valence electrons. The van der Waals surface area contributed by atoms with Crippen LogP contribution in [0.1, 0.15) is 6.92 Å². The minimum Gasteiger partial charge on any atom is -0.399 e. The van der Waals surface area contributed by atoms with Crippen molar-refractivity contribution in [3.63, 3.8) is 0 Å². The lowest BCUT2D eigenvalue weighted by Crippen LogP contribution is -2.03. The number of benzene rings is 1. The molecule has 14 heavy (non-hydrogen) atoms. The van der Waals surface area contributed by atoms with Crippen molar-refractivity contribution in [3.05, 3.63) is 24.0 Å². The summed E-state index contributed by atoms with van der Waals surface area (Å²) in [6.45, 7) is 2.05. The van der Waals surface area contributed by atoms with Crippen LogP contribution in [0.3, 0.4) is 0 Å². The number of aliphatic hydroxyl groups excluding tert-OH is 1. The molecule has 1 unspecified atom stereocenters. The van der Waals surface area contributed by atoms with Crippen molar-refractivity contribution in [2.75, 3.05) is 18.1 Å². The van der Waals surface area contributed by atoms with E-state index in [-0.39, 0.29) is 18.3 Å². The first-order valence-corrected chi connectivity index (χ1v) is 5.40. The van der Waals surface area contributed by atoms with Crippen molar-refractivity contribution < 1.29 is 9.50 Å². The van der Waals surface area contributed by atoms with Crippen molar-refractivity contribution in [2.24, 2.45) is 5.92 Å². The summed E-state index contributed by atoms with van der Waals surface area (Å²) in [6.07, 6.45) is 0. The highest BCUT2D eigenvalue weighted by molar-refractivity contribution is 7.99. The summed E-state index contributed by atoms with van der Waals surface area (Å²) in [5.41, 5.74) is 5.85. The van der Waals surface area contributed by atoms with E-state index >= 15 is 0 Å². The van der Waals surface area contributed by atoms with Crippen molar-refractivity contribution in [3.8, 4) is 0 Å². The number of nitrogen functional groups attached to an aromatic ring is 1. The molecule has 1 aromatic rings. The van der Waals surface area contributed by atoms with E-state index in [4.69, 9.17) is 10.8 Å². The van der Waals surface area contributed by atoms with Crippen LogP contribution in [0.15, 0.2) is 23.1 Å². The number of hydrogen-bond donors (Lipinski definition) is 2. The van der Waals surface area contributed by atoms with Gasteiger partial charge in [-0.1, -0.05) is 6.92 Å². The third kappa shape index (κ3) is 3.20. The van der Waals surface area contributed by atoms with Crippen LogP contribution in [-0.4, -0.2) is 17.5 Å². The first-order valence-electron chi connectivity index (χ1n) is 4.42. The number of nitrogens with two attached hydrogens (primary N) is 1. The Labute approximate surface area is 87.3 Å². The van der Waals surface area contributed by atoms with Crippen LogP contribution in [0, 0.1) is 11.7 Å². The van der Waals surface area contributed by atoms with E-state index in [0.717, 1.165) is 0 Å². The lowest BCUT2D eigenvalue weighted by atomic mass is 10.2. The quantitative estimate of drug-likeness (QED) is 0.597. The molecule has 0 aliphatic carbocycles. The summed E-state index contributed by atoms with van der Waals surface area (Å²) in [6, 6.07) is 4.65. The van der Waals surface area contributed by atoms with Gasteiger partial charge in [-0.05, 0) is 24.1 Å². The van der Waals surface area contributed by atoms with Crippen LogP contribution in [0.2, 0.25) is 0 Å². The Hall–Kier alpha value is -0.740. The SMILES string of the molecule is CC(CO)CSc1ccc(N)cc1F. The van der Waals surface area contributed by atoms with Crippen LogP contribution < -0.4 is 5.73 Å². The predicted molar refractivity (Wildman–Crippen MR) is 57.8 cm³/mol. The average Bonchev–Trinajstić information content (AvgIpc) is 2.16. The van der Waals surface area contributed by atoms with Crippen LogP contribution in [-0.2, 0) is 0 Å². The number of anilines is 1. The zero-order valence-electron chi connectivity index (χ0n) is 8.03. The van der Waals surface area contributed by atoms with Gasteiger partial charge >= 0.3 is 0 Å². The Morgan fingerprint density at radius 2 is 2.29 bits per heavy atom. The van der Waals surface area contributed by atoms with Gasteiger partial charge in [-0.25, -0.2) is 4.39 Å². The fourth-order valence-corrected chi connectivity index (χ4v) is 1.85. The number of thioether (sulfide) groups is 1. The lowest BCUT2D eigenvalue weighted by molar-refractivity contribution is 0.250. The molecule has 0 spiro atoms. The van der Waals surface area contributed by atoms with E-state index in [2.05, 4.69) is 0 Å². The summed E-state index contributed by atoms with van der Waals surface area (Å²) in [5.74, 6) is 0.592. The highest BCUT2D eigenvalue weighted by atomic mass is 32.2. The summed E-state index contributed by atoms with van der Waals surface area (Å²) >= 11 is 1.40. The van der Waals surface area contributed by atoms with E-state index in [9.17, 15) is 4.39 Å². The average molecular weight is 215 g/mol. The second-order valence-corrected chi connectivity index (χ2v) is 4.35. The summed E-state index contributed by atoms with van der Waals surface area (Å²) in [5, 5.41) is 8.80. The minimum atomic E-state index is -0.292. The molecule has 0 fully saturated rings. The third-order valence-electron chi connectivity index (χ3n) is 1.79. The fourth-order valence-electron chi connectivity index (χ4n) is 0.919. The molecule has 0 heterocycles. The molecule has 0 saturated heterocycles. The number of halogens is 1. The van der Waals surface area contributed by atoms with Gasteiger partial charge in [0.15, 0.2) is 0 Å². The molecular formula is C10H14FNOS. The van der Waals surface area contributed by atoms with Crippen molar-refractivity contribution in [1.82, 2.24) is 0 Å². The van der Waals surface area contributed by atoms with Gasteiger partial charge in [0.1, 0.15) is 5.82 Å². The van der Waals surface area contributed by atoms with Gasteiger partial charge in [0.2, 0.25) is 0 Å². The number of rotatable bonds is 4. The highest BCUT2D eigenvalue weighted by Crippen LogP contribution is 2.25. The van der Waals surface area contributed by atoms with E-state index in [0.29, 0.717) is 16.3 Å². The van der Waals surface area contributed by atoms with Crippen LogP contribution in [0.25, 0.3) is 0 Å². The molecule has 0 aliphatic heterocycles. The number of hydrogen-bond acceptors (Lipinski definition) is 3. The smallest absolute Gasteiger partial charge is 0.138 e. The van der Waals surface area contributed by atoms with Gasteiger partial charge in [0.05, 0.1) is 0 Å². The van der Waals surface area contributed by atoms with Gasteiger partial charge in [0.25, 0.3) is 0 Å². The Morgan fingerprint density at radius 3 is 2.86 bits per heavy atom. The van der Waals surface area contributed by atoms with E-state index < -0.39 is 0 Å². The number of aliphatic hydroxyl groups is 1. The molecule has 1 atom stereocenters. The molecule has 0 radical (unpaired) electrons. The maximum absolute atomic E-state index is 13.2. The zero-order valence-corrected chi connectivity index (χ0v) is 8.85. The summed E-state index contributed by atoms with van der Waals surface area (Å²) in [7, 11) is 0. The van der Waals surface area contributed by atoms with Gasteiger partial charge in [-0.2, -0.15) is 0 Å². The fraction of sp³-hybridized carbons (Fsp3) is 0.400. The second kappa shape index (κ2) is 5.22. The molecule has 0 amide bonds. The molecule has 1 rings (SSSR count). The van der Waals surface area contributed by atoms with E-state index in [1.54, 1.807) is 12.1 Å². The molecule has 4 heteroatoms. The topological polar surface area (TPSA) is 46.2 Å². The summed E-state index contributed by atoms with van der Waals surface area (Å²) < 4.78 is 13.2. The normalized spacial score (nSPS) is 12.8. The largest absolute Gasteiger partial charge is 0.399 e. The van der Waals surface area contributed by atoms with Gasteiger partial charge < -0.3 is 10.8 Å². The predicted octanol–water partition coefficient (Wildman–Crippen LogP) is 2.13. The van der Waals surface area contributed by atoms with Crippen molar-refractivity contribution in [1.29, 1.82) is 0 Å². The van der Waals surface area contributed by atoms with E-state index in [1.165, 1.54) is 17.8 Å². The molecular weight excluding hydrogens is 201 g/mol. The van der Waals surface area contributed by atoms with Crippen molar-refractivity contribution in [2.45, 2.75) is 11.8 Å².